The van der Waals surface area contributed by atoms with Crippen LogP contribution in [0.3, 0.4) is 0 Å². The smallest absolute Gasteiger partial charge is 0.0900 e. The van der Waals surface area contributed by atoms with E-state index < -0.39 is 10.8 Å². The number of anilines is 3. The summed E-state index contributed by atoms with van der Waals surface area (Å²) < 4.78 is 20.2. The van der Waals surface area contributed by atoms with Crippen LogP contribution in [0.15, 0.2) is 186 Å². The van der Waals surface area contributed by atoms with Crippen LogP contribution in [0.1, 0.15) is 0 Å². The first-order valence-corrected chi connectivity index (χ1v) is 18.4. The molecule has 0 saturated heterocycles. The fourth-order valence-corrected chi connectivity index (χ4v) is 9.85. The van der Waals surface area contributed by atoms with Gasteiger partial charge in [-0.15, -0.1) is 0 Å². The van der Waals surface area contributed by atoms with Crippen LogP contribution in [0, 0.1) is 0 Å². The topological polar surface area (TPSA) is 30.2 Å². The molecule has 0 spiro atoms. The van der Waals surface area contributed by atoms with E-state index in [1.807, 2.05) is 18.2 Å². The Morgan fingerprint density at radius 3 is 1.75 bits per heavy atom. The second-order valence-electron chi connectivity index (χ2n) is 13.1. The van der Waals surface area contributed by atoms with E-state index >= 15 is 4.21 Å². The van der Waals surface area contributed by atoms with Crippen molar-refractivity contribution in [1.29, 1.82) is 0 Å². The van der Waals surface area contributed by atoms with Gasteiger partial charge in [-0.25, -0.2) is 4.21 Å². The summed E-state index contributed by atoms with van der Waals surface area (Å²) in [6.45, 7) is 0. The third-order valence-corrected chi connectivity index (χ3v) is 11.9. The predicted molar refractivity (Wildman–Crippen MR) is 212 cm³/mol. The molecule has 1 unspecified atom stereocenters. The lowest BCUT2D eigenvalue weighted by Crippen LogP contribution is -2.21. The lowest BCUT2D eigenvalue weighted by atomic mass is 10.0. The number of hydrogen-bond acceptors (Lipinski definition) is 2. The number of fused-ring (bicyclic) bond motifs is 12. The predicted octanol–water partition coefficient (Wildman–Crippen LogP) is 12.0. The Morgan fingerprint density at radius 1 is 0.431 bits per heavy atom. The van der Waals surface area contributed by atoms with Crippen molar-refractivity contribution >= 4 is 82.2 Å². The van der Waals surface area contributed by atoms with Crippen LogP contribution >= 0.6 is 0 Å². The zero-order chi connectivity index (χ0) is 33.6. The van der Waals surface area contributed by atoms with Crippen molar-refractivity contribution < 1.29 is 4.21 Å². The van der Waals surface area contributed by atoms with Gasteiger partial charge in [-0.3, -0.25) is 0 Å². The summed E-state index contributed by atoms with van der Waals surface area (Å²) in [5, 5.41) is 6.74. The Labute approximate surface area is 296 Å². The maximum atomic E-state index is 15.4. The molecule has 1 atom stereocenters. The minimum Gasteiger partial charge on any atom is -0.308 e. The van der Waals surface area contributed by atoms with Crippen LogP contribution < -0.4 is 4.90 Å². The number of hydrogen-bond donors (Lipinski definition) is 0. The summed E-state index contributed by atoms with van der Waals surface area (Å²) >= 11 is 0. The summed E-state index contributed by atoms with van der Waals surface area (Å²) in [5.41, 5.74) is 9.28. The third kappa shape index (κ3) is 3.92. The van der Waals surface area contributed by atoms with Gasteiger partial charge in [0.25, 0.3) is 0 Å². The molecule has 1 aliphatic rings. The van der Waals surface area contributed by atoms with E-state index in [4.69, 9.17) is 0 Å². The average molecular weight is 672 g/mol. The molecule has 0 bridgehead atoms. The molecule has 1 aliphatic heterocycles. The quantitative estimate of drug-likeness (QED) is 0.187. The number of para-hydroxylation sites is 5. The molecule has 10 aromatic rings. The monoisotopic (exact) mass is 671 g/mol. The van der Waals surface area contributed by atoms with Crippen molar-refractivity contribution in [3.8, 4) is 11.4 Å². The molecule has 5 heteroatoms. The van der Waals surface area contributed by atoms with Gasteiger partial charge >= 0.3 is 0 Å². The number of nitrogens with zero attached hydrogens (tertiary/aromatic N) is 3. The van der Waals surface area contributed by atoms with Gasteiger partial charge in [0.15, 0.2) is 0 Å². The Bertz CT molecular complexity index is 3050. The highest BCUT2D eigenvalue weighted by atomic mass is 32.2. The molecule has 0 N–H and O–H groups in total. The molecule has 4 nitrogen and oxygen atoms in total. The van der Waals surface area contributed by atoms with Crippen LogP contribution in [0.5, 0.6) is 0 Å². The average Bonchev–Trinajstić information content (AvgIpc) is 3.72. The highest BCUT2D eigenvalue weighted by Gasteiger charge is 2.37. The van der Waals surface area contributed by atoms with Crippen LogP contribution in [-0.2, 0) is 10.8 Å². The number of benzene rings is 8. The van der Waals surface area contributed by atoms with Gasteiger partial charge in [0.05, 0.1) is 54.0 Å². The van der Waals surface area contributed by atoms with E-state index in [1.54, 1.807) is 0 Å². The Kier molecular flexibility index (Phi) is 6.01. The van der Waals surface area contributed by atoms with Crippen molar-refractivity contribution in [3.05, 3.63) is 176 Å². The molecule has 51 heavy (non-hydrogen) atoms. The Hall–Kier alpha value is -6.43. The summed E-state index contributed by atoms with van der Waals surface area (Å²) in [7, 11) is -1.49. The lowest BCUT2D eigenvalue weighted by molar-refractivity contribution is 0.683. The van der Waals surface area contributed by atoms with Gasteiger partial charge in [0, 0.05) is 38.6 Å². The van der Waals surface area contributed by atoms with E-state index in [-0.39, 0.29) is 0 Å². The first-order chi connectivity index (χ1) is 25.3. The molecular formula is C46H29N3OS. The van der Waals surface area contributed by atoms with Gasteiger partial charge in [-0.05, 0) is 71.4 Å². The molecule has 2 aromatic heterocycles. The van der Waals surface area contributed by atoms with Gasteiger partial charge in [-0.2, -0.15) is 0 Å². The molecule has 3 heterocycles. The highest BCUT2D eigenvalue weighted by Crippen LogP contribution is 2.56. The fraction of sp³-hybridized carbons (Fsp3) is 0. The van der Waals surface area contributed by atoms with Gasteiger partial charge < -0.3 is 14.0 Å². The normalized spacial score (nSPS) is 14.1. The van der Waals surface area contributed by atoms with Gasteiger partial charge in [0.1, 0.15) is 0 Å². The molecule has 0 fully saturated rings. The number of aromatic nitrogens is 2. The maximum absolute atomic E-state index is 15.4. The third-order valence-electron chi connectivity index (χ3n) is 10.4. The summed E-state index contributed by atoms with van der Waals surface area (Å²) in [4.78, 5) is 3.98. The van der Waals surface area contributed by atoms with Crippen LogP contribution in [0.25, 0.3) is 65.8 Å². The molecule has 0 saturated carbocycles. The highest BCUT2D eigenvalue weighted by molar-refractivity contribution is 7.85. The minimum atomic E-state index is -1.49. The first kappa shape index (κ1) is 28.4. The van der Waals surface area contributed by atoms with Crippen molar-refractivity contribution in [2.75, 3.05) is 4.90 Å². The zero-order valence-electron chi connectivity index (χ0n) is 27.4. The Morgan fingerprint density at radius 2 is 1.00 bits per heavy atom. The number of rotatable bonds is 3. The SMILES string of the molecule is O=S1c2ccccc2N(c2ccccc2)c2c1c1c3ccccc3n(-c3ccccc3)c1c1c3ccccc3n(-c3ccc4ccccc4c3)c21. The van der Waals surface area contributed by atoms with Crippen molar-refractivity contribution in [2.45, 2.75) is 9.79 Å². The van der Waals surface area contributed by atoms with E-state index in [2.05, 4.69) is 172 Å². The van der Waals surface area contributed by atoms with Crippen molar-refractivity contribution in [2.24, 2.45) is 0 Å². The molecule has 8 aromatic carbocycles. The summed E-state index contributed by atoms with van der Waals surface area (Å²) in [6, 6.07) is 61.8. The lowest BCUT2D eigenvalue weighted by Gasteiger charge is -2.34. The van der Waals surface area contributed by atoms with Crippen LogP contribution in [-0.4, -0.2) is 13.3 Å². The standard InChI is InChI=1S/C46H29N3OS/c50-51-40-26-14-13-25-39(40)48(33-19-5-2-6-20-33)45-44-41(35-21-9-11-23-37(35)49(44)34-28-27-30-15-7-8-16-31(30)29-34)43-42(46(45)51)36-22-10-12-24-38(36)47(43)32-17-3-1-4-18-32/h1-29H. The van der Waals surface area contributed by atoms with Crippen molar-refractivity contribution in [3.63, 3.8) is 0 Å². The van der Waals surface area contributed by atoms with E-state index in [1.165, 1.54) is 10.8 Å². The fourth-order valence-electron chi connectivity index (χ4n) is 8.33. The van der Waals surface area contributed by atoms with Crippen LogP contribution in [0.2, 0.25) is 0 Å². The van der Waals surface area contributed by atoms with E-state index in [9.17, 15) is 0 Å². The molecule has 0 aliphatic carbocycles. The second kappa shape index (κ2) is 10.8. The second-order valence-corrected chi connectivity index (χ2v) is 14.5. The van der Waals surface area contributed by atoms with Crippen molar-refractivity contribution in [1.82, 2.24) is 9.13 Å². The zero-order valence-corrected chi connectivity index (χ0v) is 28.2. The molecular weight excluding hydrogens is 643 g/mol. The van der Waals surface area contributed by atoms with Crippen LogP contribution in [0.4, 0.5) is 17.1 Å². The maximum Gasteiger partial charge on any atom is 0.0900 e. The largest absolute Gasteiger partial charge is 0.308 e. The molecule has 11 rings (SSSR count). The molecule has 0 amide bonds. The van der Waals surface area contributed by atoms with Gasteiger partial charge in [0.2, 0.25) is 0 Å². The van der Waals surface area contributed by atoms with E-state index in [0.29, 0.717) is 0 Å². The van der Waals surface area contributed by atoms with Gasteiger partial charge in [-0.1, -0.05) is 115 Å². The van der Waals surface area contributed by atoms with E-state index in [0.717, 1.165) is 81.8 Å². The Balaban J connectivity index is 1.46. The first-order valence-electron chi connectivity index (χ1n) is 17.2. The molecule has 240 valence electrons. The summed E-state index contributed by atoms with van der Waals surface area (Å²) in [6.07, 6.45) is 0. The summed E-state index contributed by atoms with van der Waals surface area (Å²) in [5.74, 6) is 0. The minimum absolute atomic E-state index is 0.805. The molecule has 0 radical (unpaired) electrons.